The molecule has 112 valence electrons. The van der Waals surface area contributed by atoms with Gasteiger partial charge in [-0.05, 0) is 39.3 Å². The van der Waals surface area contributed by atoms with Crippen molar-refractivity contribution in [2.75, 3.05) is 6.54 Å². The van der Waals surface area contributed by atoms with Crippen LogP contribution >= 0.6 is 11.3 Å². The van der Waals surface area contributed by atoms with Crippen molar-refractivity contribution in [3.8, 4) is 0 Å². The Morgan fingerprint density at radius 2 is 2.10 bits per heavy atom. The van der Waals surface area contributed by atoms with Gasteiger partial charge in [-0.1, -0.05) is 0 Å². The number of hydrogen-bond donors (Lipinski definition) is 2. The number of nitrogens with one attached hydrogen (secondary N) is 1. The van der Waals surface area contributed by atoms with E-state index in [1.54, 1.807) is 20.8 Å². The SMILES string of the molecule is CC(=O)OC(C)(C)C(=O)NCCc1ccc([C@@H](C)O)s1. The van der Waals surface area contributed by atoms with E-state index in [2.05, 4.69) is 5.32 Å². The van der Waals surface area contributed by atoms with E-state index in [4.69, 9.17) is 4.74 Å². The van der Waals surface area contributed by atoms with E-state index in [0.29, 0.717) is 13.0 Å². The average Bonchev–Trinajstić information content (AvgIpc) is 2.76. The van der Waals surface area contributed by atoms with Crippen molar-refractivity contribution < 1.29 is 19.4 Å². The van der Waals surface area contributed by atoms with Gasteiger partial charge in [0.05, 0.1) is 6.10 Å². The number of aliphatic hydroxyl groups is 1. The Kier molecular flexibility index (Phi) is 5.71. The maximum absolute atomic E-state index is 11.9. The summed E-state index contributed by atoms with van der Waals surface area (Å²) < 4.78 is 4.96. The number of rotatable bonds is 6. The zero-order valence-electron chi connectivity index (χ0n) is 12.2. The summed E-state index contributed by atoms with van der Waals surface area (Å²) in [5, 5.41) is 12.2. The number of carbonyl (C=O) groups is 2. The van der Waals surface area contributed by atoms with Crippen LogP contribution < -0.4 is 5.32 Å². The Morgan fingerprint density at radius 3 is 2.60 bits per heavy atom. The molecule has 0 radical (unpaired) electrons. The Balaban J connectivity index is 2.43. The molecule has 1 heterocycles. The van der Waals surface area contributed by atoms with Crippen LogP contribution in [0.2, 0.25) is 0 Å². The number of thiophene rings is 1. The van der Waals surface area contributed by atoms with Gasteiger partial charge in [-0.3, -0.25) is 9.59 Å². The van der Waals surface area contributed by atoms with E-state index >= 15 is 0 Å². The van der Waals surface area contributed by atoms with Crippen molar-refractivity contribution >= 4 is 23.2 Å². The van der Waals surface area contributed by atoms with Crippen LogP contribution in [0.15, 0.2) is 12.1 Å². The van der Waals surface area contributed by atoms with E-state index in [-0.39, 0.29) is 5.91 Å². The maximum Gasteiger partial charge on any atom is 0.303 e. The molecule has 6 heteroatoms. The molecule has 0 spiro atoms. The molecule has 1 rings (SSSR count). The summed E-state index contributed by atoms with van der Waals surface area (Å²) in [4.78, 5) is 24.8. The molecule has 1 amide bonds. The number of hydrogen-bond acceptors (Lipinski definition) is 5. The third-order valence-corrected chi connectivity index (χ3v) is 4.01. The summed E-state index contributed by atoms with van der Waals surface area (Å²) in [6.07, 6.45) is 0.213. The average molecular weight is 299 g/mol. The standard InChI is InChI=1S/C14H21NO4S/c1-9(16)12-6-5-11(20-12)7-8-15-13(18)14(3,4)19-10(2)17/h5-6,9,16H,7-8H2,1-4H3,(H,15,18)/t9-/m1/s1. The summed E-state index contributed by atoms with van der Waals surface area (Å²) in [7, 11) is 0. The van der Waals surface area contributed by atoms with Crippen LogP contribution in [0.5, 0.6) is 0 Å². The topological polar surface area (TPSA) is 75.6 Å². The van der Waals surface area contributed by atoms with Crippen molar-refractivity contribution in [2.45, 2.75) is 45.8 Å². The van der Waals surface area contributed by atoms with E-state index < -0.39 is 17.7 Å². The fraction of sp³-hybridized carbons (Fsp3) is 0.571. The van der Waals surface area contributed by atoms with Gasteiger partial charge in [0.1, 0.15) is 0 Å². The zero-order chi connectivity index (χ0) is 15.3. The Labute approximate surface area is 123 Å². The highest BCUT2D eigenvalue weighted by atomic mass is 32.1. The Morgan fingerprint density at radius 1 is 1.45 bits per heavy atom. The van der Waals surface area contributed by atoms with Gasteiger partial charge in [0.15, 0.2) is 5.60 Å². The predicted molar refractivity (Wildman–Crippen MR) is 77.5 cm³/mol. The van der Waals surface area contributed by atoms with E-state index in [1.165, 1.54) is 18.3 Å². The smallest absolute Gasteiger partial charge is 0.303 e. The molecule has 0 bridgehead atoms. The largest absolute Gasteiger partial charge is 0.450 e. The second-order valence-electron chi connectivity index (χ2n) is 5.09. The lowest BCUT2D eigenvalue weighted by Gasteiger charge is -2.23. The third-order valence-electron chi connectivity index (χ3n) is 2.70. The predicted octanol–water partition coefficient (Wildman–Crippen LogP) is 1.80. The van der Waals surface area contributed by atoms with Gasteiger partial charge < -0.3 is 15.2 Å². The molecule has 0 saturated carbocycles. The first-order valence-electron chi connectivity index (χ1n) is 6.47. The van der Waals surface area contributed by atoms with E-state index in [0.717, 1.165) is 9.75 Å². The van der Waals surface area contributed by atoms with E-state index in [1.807, 2.05) is 12.1 Å². The maximum atomic E-state index is 11.9. The van der Waals surface area contributed by atoms with Crippen molar-refractivity contribution in [3.05, 3.63) is 21.9 Å². The molecule has 20 heavy (non-hydrogen) atoms. The van der Waals surface area contributed by atoms with Crippen LogP contribution in [0, 0.1) is 0 Å². The lowest BCUT2D eigenvalue weighted by Crippen LogP contribution is -2.45. The van der Waals surface area contributed by atoms with E-state index in [9.17, 15) is 14.7 Å². The van der Waals surface area contributed by atoms with Gasteiger partial charge in [0.2, 0.25) is 0 Å². The van der Waals surface area contributed by atoms with Crippen LogP contribution in [-0.4, -0.2) is 29.1 Å². The zero-order valence-corrected chi connectivity index (χ0v) is 13.0. The fourth-order valence-corrected chi connectivity index (χ4v) is 2.62. The van der Waals surface area contributed by atoms with Gasteiger partial charge >= 0.3 is 5.97 Å². The van der Waals surface area contributed by atoms with Gasteiger partial charge in [0.25, 0.3) is 5.91 Å². The number of esters is 1. The van der Waals surface area contributed by atoms with Crippen molar-refractivity contribution in [1.82, 2.24) is 5.32 Å². The second kappa shape index (κ2) is 6.85. The monoisotopic (exact) mass is 299 g/mol. The van der Waals surface area contributed by atoms with Crippen molar-refractivity contribution in [3.63, 3.8) is 0 Å². The molecule has 0 fully saturated rings. The molecule has 0 aromatic carbocycles. The number of amides is 1. The minimum absolute atomic E-state index is 0.319. The van der Waals surface area contributed by atoms with Crippen molar-refractivity contribution in [1.29, 1.82) is 0 Å². The van der Waals surface area contributed by atoms with Crippen LogP contribution in [0.3, 0.4) is 0 Å². The van der Waals surface area contributed by atoms with Gasteiger partial charge in [-0.2, -0.15) is 0 Å². The van der Waals surface area contributed by atoms with Gasteiger partial charge in [-0.15, -0.1) is 11.3 Å². The first-order valence-corrected chi connectivity index (χ1v) is 7.28. The molecule has 0 unspecified atom stereocenters. The van der Waals surface area contributed by atoms with Gasteiger partial charge in [-0.25, -0.2) is 0 Å². The summed E-state index contributed by atoms with van der Waals surface area (Å²) >= 11 is 1.52. The first-order chi connectivity index (χ1) is 9.22. The van der Waals surface area contributed by atoms with Gasteiger partial charge in [0, 0.05) is 23.2 Å². The molecule has 2 N–H and O–H groups in total. The molecule has 1 atom stereocenters. The third kappa shape index (κ3) is 4.94. The second-order valence-corrected chi connectivity index (χ2v) is 6.29. The lowest BCUT2D eigenvalue weighted by molar-refractivity contribution is -0.162. The number of carbonyl (C=O) groups excluding carboxylic acids is 2. The molecule has 5 nitrogen and oxygen atoms in total. The molecule has 0 saturated heterocycles. The number of ether oxygens (including phenoxy) is 1. The minimum Gasteiger partial charge on any atom is -0.450 e. The highest BCUT2D eigenvalue weighted by Gasteiger charge is 2.30. The molecule has 0 aliphatic rings. The minimum atomic E-state index is -1.16. The molecular weight excluding hydrogens is 278 g/mol. The van der Waals surface area contributed by atoms with Crippen LogP contribution in [-0.2, 0) is 20.7 Å². The fourth-order valence-electron chi connectivity index (χ4n) is 1.67. The first kappa shape index (κ1) is 16.7. The normalized spacial score (nSPS) is 12.8. The molecule has 1 aromatic rings. The molecule has 1 aromatic heterocycles. The highest BCUT2D eigenvalue weighted by molar-refractivity contribution is 7.12. The van der Waals surface area contributed by atoms with Crippen LogP contribution in [0.25, 0.3) is 0 Å². The summed E-state index contributed by atoms with van der Waals surface area (Å²) in [5.74, 6) is -0.801. The molecular formula is C14H21NO4S. The Bertz CT molecular complexity index is 479. The molecule has 0 aliphatic heterocycles. The summed E-state index contributed by atoms with van der Waals surface area (Å²) in [5.41, 5.74) is -1.16. The molecule has 0 aliphatic carbocycles. The highest BCUT2D eigenvalue weighted by Crippen LogP contribution is 2.23. The quantitative estimate of drug-likeness (QED) is 0.785. The number of aliphatic hydroxyl groups excluding tert-OH is 1. The van der Waals surface area contributed by atoms with Crippen LogP contribution in [0.1, 0.15) is 43.6 Å². The Hall–Kier alpha value is -1.40. The summed E-state index contributed by atoms with van der Waals surface area (Å²) in [6, 6.07) is 3.82. The van der Waals surface area contributed by atoms with Crippen LogP contribution in [0.4, 0.5) is 0 Å². The van der Waals surface area contributed by atoms with Crippen molar-refractivity contribution in [2.24, 2.45) is 0 Å². The lowest BCUT2D eigenvalue weighted by atomic mass is 10.1. The summed E-state index contributed by atoms with van der Waals surface area (Å²) in [6.45, 7) is 6.57.